The first-order chi connectivity index (χ1) is 12.6. The van der Waals surface area contributed by atoms with E-state index in [9.17, 15) is 4.79 Å². The van der Waals surface area contributed by atoms with Crippen LogP contribution in [0, 0.1) is 12.8 Å². The minimum atomic E-state index is 0.129. The van der Waals surface area contributed by atoms with Crippen LogP contribution in [0.5, 0.6) is 0 Å². The first-order valence-electron chi connectivity index (χ1n) is 9.66. The third-order valence-electron chi connectivity index (χ3n) is 6.20. The van der Waals surface area contributed by atoms with Crippen molar-refractivity contribution in [2.75, 3.05) is 6.54 Å². The summed E-state index contributed by atoms with van der Waals surface area (Å²) in [6.45, 7) is 2.86. The van der Waals surface area contributed by atoms with Crippen LogP contribution in [0.2, 0.25) is 5.02 Å². The van der Waals surface area contributed by atoms with Gasteiger partial charge in [-0.3, -0.25) is 9.48 Å². The highest BCUT2D eigenvalue weighted by molar-refractivity contribution is 6.31. The Morgan fingerprint density at radius 1 is 1.19 bits per heavy atom. The smallest absolute Gasteiger partial charge is 0.257 e. The number of amides is 1. The summed E-state index contributed by atoms with van der Waals surface area (Å²) in [4.78, 5) is 15.6. The number of piperidine rings is 1. The summed E-state index contributed by atoms with van der Waals surface area (Å²) >= 11 is 6.33. The van der Waals surface area contributed by atoms with Gasteiger partial charge in [0.1, 0.15) is 0 Å². The van der Waals surface area contributed by atoms with Crippen molar-refractivity contribution < 1.29 is 4.79 Å². The lowest BCUT2D eigenvalue weighted by Gasteiger charge is -2.44. The molecule has 5 heteroatoms. The number of aryl methyl sites for hydroxylation is 1. The van der Waals surface area contributed by atoms with Crippen molar-refractivity contribution in [2.24, 2.45) is 13.0 Å². The fraction of sp³-hybridized carbons (Fsp3) is 0.524. The second kappa shape index (κ2) is 7.07. The number of hydrogen-bond acceptors (Lipinski definition) is 2. The van der Waals surface area contributed by atoms with E-state index >= 15 is 0 Å². The van der Waals surface area contributed by atoms with Gasteiger partial charge in [-0.25, -0.2) is 0 Å². The van der Waals surface area contributed by atoms with Crippen LogP contribution in [0.15, 0.2) is 24.4 Å². The fourth-order valence-electron chi connectivity index (χ4n) is 4.81. The van der Waals surface area contributed by atoms with Crippen LogP contribution >= 0.6 is 11.6 Å². The zero-order valence-electron chi connectivity index (χ0n) is 15.5. The average molecular weight is 372 g/mol. The number of carbonyl (C=O) groups excluding carboxylic acids is 1. The number of likely N-dealkylation sites (tertiary alicyclic amines) is 1. The molecule has 1 aromatic carbocycles. The third-order valence-corrected chi connectivity index (χ3v) is 6.61. The fourth-order valence-corrected chi connectivity index (χ4v) is 4.98. The third kappa shape index (κ3) is 2.94. The molecular formula is C21H26ClN3O. The predicted molar refractivity (Wildman–Crippen MR) is 104 cm³/mol. The monoisotopic (exact) mass is 371 g/mol. The maximum atomic E-state index is 13.5. The molecule has 26 heavy (non-hydrogen) atoms. The minimum Gasteiger partial charge on any atom is -0.335 e. The van der Waals surface area contributed by atoms with E-state index in [1.807, 2.05) is 32.2 Å². The predicted octanol–water partition coefficient (Wildman–Crippen LogP) is 4.84. The van der Waals surface area contributed by atoms with Gasteiger partial charge in [-0.05, 0) is 50.2 Å². The molecule has 2 heterocycles. The van der Waals surface area contributed by atoms with Crippen LogP contribution in [0.25, 0.3) is 11.3 Å². The van der Waals surface area contributed by atoms with E-state index in [0.717, 1.165) is 36.2 Å². The summed E-state index contributed by atoms with van der Waals surface area (Å²) in [5.74, 6) is 0.804. The highest BCUT2D eigenvalue weighted by Gasteiger charge is 2.37. The molecule has 1 aliphatic heterocycles. The molecule has 0 bridgehead atoms. The normalized spacial score (nSPS) is 23.0. The van der Waals surface area contributed by atoms with Gasteiger partial charge in [0.05, 0.1) is 17.5 Å². The Hall–Kier alpha value is -1.81. The molecule has 2 unspecified atom stereocenters. The lowest BCUT2D eigenvalue weighted by Crippen LogP contribution is -2.49. The van der Waals surface area contributed by atoms with Gasteiger partial charge in [0.25, 0.3) is 5.91 Å². The lowest BCUT2D eigenvalue weighted by atomic mass is 9.78. The molecule has 4 nitrogen and oxygen atoms in total. The number of nitrogens with zero attached hydrogens (tertiary/aromatic N) is 3. The second-order valence-corrected chi connectivity index (χ2v) is 8.10. The molecule has 0 N–H and O–H groups in total. The van der Waals surface area contributed by atoms with Crippen LogP contribution in [-0.2, 0) is 7.05 Å². The van der Waals surface area contributed by atoms with E-state index in [1.165, 1.54) is 25.7 Å². The van der Waals surface area contributed by atoms with E-state index in [-0.39, 0.29) is 5.91 Å². The lowest BCUT2D eigenvalue weighted by molar-refractivity contribution is 0.0391. The maximum Gasteiger partial charge on any atom is 0.257 e. The van der Waals surface area contributed by atoms with Gasteiger partial charge in [0.15, 0.2) is 0 Å². The van der Waals surface area contributed by atoms with E-state index in [0.29, 0.717) is 22.5 Å². The van der Waals surface area contributed by atoms with Gasteiger partial charge < -0.3 is 4.90 Å². The average Bonchev–Trinajstić information content (AvgIpc) is 3.04. The Bertz CT molecular complexity index is 827. The van der Waals surface area contributed by atoms with E-state index < -0.39 is 0 Å². The van der Waals surface area contributed by atoms with Gasteiger partial charge >= 0.3 is 0 Å². The molecule has 2 aliphatic rings. The molecule has 0 spiro atoms. The molecule has 1 aromatic heterocycles. The largest absolute Gasteiger partial charge is 0.335 e. The highest BCUT2D eigenvalue weighted by atomic mass is 35.5. The standard InChI is InChI=1S/C21H26ClN3O/c1-14-16(9-5-10-18(14)22)20-17(13-23-24(20)2)21(26)25-12-6-8-15-7-3-4-11-19(15)25/h5,9-10,13,15,19H,3-4,6-8,11-12H2,1-2H3. The van der Waals surface area contributed by atoms with Gasteiger partial charge in [-0.1, -0.05) is 36.6 Å². The SMILES string of the molecule is Cc1c(Cl)cccc1-c1c(C(=O)N2CCCC3CCCCC32)cnn1C. The number of benzene rings is 1. The van der Waals surface area contributed by atoms with Crippen molar-refractivity contribution in [3.05, 3.63) is 40.5 Å². The summed E-state index contributed by atoms with van der Waals surface area (Å²) in [6, 6.07) is 6.24. The molecule has 4 rings (SSSR count). The molecule has 2 atom stereocenters. The number of aromatic nitrogens is 2. The summed E-state index contributed by atoms with van der Waals surface area (Å²) in [6.07, 6.45) is 9.05. The molecule has 1 aliphatic carbocycles. The van der Waals surface area contributed by atoms with E-state index in [2.05, 4.69) is 10.00 Å². The second-order valence-electron chi connectivity index (χ2n) is 7.70. The van der Waals surface area contributed by atoms with Crippen LogP contribution in [0.4, 0.5) is 0 Å². The Morgan fingerprint density at radius 2 is 1.96 bits per heavy atom. The van der Waals surface area contributed by atoms with Crippen molar-refractivity contribution in [3.63, 3.8) is 0 Å². The van der Waals surface area contributed by atoms with Crippen molar-refractivity contribution in [3.8, 4) is 11.3 Å². The van der Waals surface area contributed by atoms with Crippen LogP contribution < -0.4 is 0 Å². The van der Waals surface area contributed by atoms with E-state index in [1.54, 1.807) is 10.9 Å². The molecule has 2 fully saturated rings. The van der Waals surface area contributed by atoms with Crippen molar-refractivity contribution in [1.82, 2.24) is 14.7 Å². The summed E-state index contributed by atoms with van der Waals surface area (Å²) < 4.78 is 1.80. The van der Waals surface area contributed by atoms with Crippen LogP contribution in [0.1, 0.15) is 54.4 Å². The van der Waals surface area contributed by atoms with Gasteiger partial charge in [-0.15, -0.1) is 0 Å². The molecule has 138 valence electrons. The van der Waals surface area contributed by atoms with Crippen molar-refractivity contribution >= 4 is 17.5 Å². The number of hydrogen-bond donors (Lipinski definition) is 0. The zero-order chi connectivity index (χ0) is 18.3. The van der Waals surface area contributed by atoms with Crippen molar-refractivity contribution in [1.29, 1.82) is 0 Å². The number of carbonyl (C=O) groups is 1. The summed E-state index contributed by atoms with van der Waals surface area (Å²) in [7, 11) is 1.89. The van der Waals surface area contributed by atoms with Crippen LogP contribution in [0.3, 0.4) is 0 Å². The van der Waals surface area contributed by atoms with Crippen LogP contribution in [-0.4, -0.2) is 33.2 Å². The molecule has 1 saturated heterocycles. The maximum absolute atomic E-state index is 13.5. The molecular weight excluding hydrogens is 346 g/mol. The summed E-state index contributed by atoms with van der Waals surface area (Å²) in [5, 5.41) is 5.12. The molecule has 0 radical (unpaired) electrons. The number of rotatable bonds is 2. The van der Waals surface area contributed by atoms with Gasteiger partial charge in [0, 0.05) is 30.2 Å². The topological polar surface area (TPSA) is 38.1 Å². The number of fused-ring (bicyclic) bond motifs is 1. The Kier molecular flexibility index (Phi) is 4.78. The Morgan fingerprint density at radius 3 is 2.81 bits per heavy atom. The Balaban J connectivity index is 1.72. The summed E-state index contributed by atoms with van der Waals surface area (Å²) in [5.41, 5.74) is 3.54. The molecule has 2 aromatic rings. The number of halogens is 1. The van der Waals surface area contributed by atoms with Gasteiger partial charge in [-0.2, -0.15) is 5.10 Å². The first-order valence-corrected chi connectivity index (χ1v) is 10.0. The Labute approximate surface area is 160 Å². The molecule has 1 saturated carbocycles. The van der Waals surface area contributed by atoms with E-state index in [4.69, 9.17) is 11.6 Å². The highest BCUT2D eigenvalue weighted by Crippen LogP contribution is 2.37. The van der Waals surface area contributed by atoms with Crippen molar-refractivity contribution in [2.45, 2.75) is 51.5 Å². The quantitative estimate of drug-likeness (QED) is 0.757. The first kappa shape index (κ1) is 17.6. The zero-order valence-corrected chi connectivity index (χ0v) is 16.3. The van der Waals surface area contributed by atoms with Gasteiger partial charge in [0.2, 0.25) is 0 Å². The molecule has 1 amide bonds. The minimum absolute atomic E-state index is 0.129.